The van der Waals surface area contributed by atoms with E-state index in [1.807, 2.05) is 0 Å². The average molecular weight is 215 g/mol. The average Bonchev–Trinajstić information content (AvgIpc) is 2.31. The van der Waals surface area contributed by atoms with Crippen molar-refractivity contribution in [2.45, 2.75) is 29.9 Å². The lowest BCUT2D eigenvalue weighted by molar-refractivity contribution is 0.515. The molecule has 0 unspecified atom stereocenters. The molecule has 2 nitrogen and oxygen atoms in total. The number of aliphatic hydroxyl groups is 1. The van der Waals surface area contributed by atoms with Crippen LogP contribution < -0.4 is 0 Å². The van der Waals surface area contributed by atoms with Crippen LogP contribution in [0.5, 0.6) is 0 Å². The van der Waals surface area contributed by atoms with E-state index in [1.54, 1.807) is 18.0 Å². The fourth-order valence-electron chi connectivity index (χ4n) is 0.701. The van der Waals surface area contributed by atoms with Gasteiger partial charge in [0.1, 0.15) is 5.76 Å². The Kier molecular flexibility index (Phi) is 3.03. The number of thiazole rings is 1. The third-order valence-electron chi connectivity index (χ3n) is 1.16. The van der Waals surface area contributed by atoms with Gasteiger partial charge >= 0.3 is 0 Å². The van der Waals surface area contributed by atoms with Gasteiger partial charge in [-0.15, -0.1) is 11.3 Å². The lowest BCUT2D eigenvalue weighted by Gasteiger charge is -2.14. The van der Waals surface area contributed by atoms with Crippen LogP contribution in [0.25, 0.3) is 5.76 Å². The molecule has 0 atom stereocenters. The summed E-state index contributed by atoms with van der Waals surface area (Å²) in [5.74, 6) is 0.0956. The molecule has 1 N–H and O–H groups in total. The number of aromatic nitrogens is 1. The van der Waals surface area contributed by atoms with Gasteiger partial charge in [-0.2, -0.15) is 0 Å². The van der Waals surface area contributed by atoms with Gasteiger partial charge in [0, 0.05) is 4.75 Å². The minimum atomic E-state index is 0.0956. The van der Waals surface area contributed by atoms with Gasteiger partial charge in [-0.05, 0) is 0 Å². The molecular weight excluding hydrogens is 202 g/mol. The number of hydrogen-bond donors (Lipinski definition) is 1. The van der Waals surface area contributed by atoms with Gasteiger partial charge in [0.25, 0.3) is 0 Å². The molecule has 0 aliphatic rings. The Labute approximate surface area is 86.7 Å². The summed E-state index contributed by atoms with van der Waals surface area (Å²) in [6, 6.07) is 0. The van der Waals surface area contributed by atoms with Crippen molar-refractivity contribution in [2.75, 3.05) is 0 Å². The molecule has 0 fully saturated rings. The monoisotopic (exact) mass is 215 g/mol. The predicted molar refractivity (Wildman–Crippen MR) is 59.4 cm³/mol. The summed E-state index contributed by atoms with van der Waals surface area (Å²) in [5.41, 5.74) is 0. The van der Waals surface area contributed by atoms with Crippen molar-refractivity contribution >= 4 is 28.9 Å². The Balaban J connectivity index is 2.75. The second kappa shape index (κ2) is 3.72. The highest BCUT2D eigenvalue weighted by atomic mass is 32.2. The van der Waals surface area contributed by atoms with E-state index in [2.05, 4.69) is 32.3 Å². The Morgan fingerprint density at radius 3 is 2.62 bits per heavy atom. The van der Waals surface area contributed by atoms with Crippen molar-refractivity contribution in [1.29, 1.82) is 0 Å². The molecular formula is C9H13NOS2. The lowest BCUT2D eigenvalue weighted by Crippen LogP contribution is -2.06. The predicted octanol–water partition coefficient (Wildman–Crippen LogP) is 3.56. The standard InChI is InChI=1S/C9H13NOS2/c1-6(11)7-5-10-8(12-7)13-9(2,3)4/h5,11H,1H2,2-4H3. The van der Waals surface area contributed by atoms with Crippen LogP contribution in [-0.4, -0.2) is 14.8 Å². The van der Waals surface area contributed by atoms with Crippen LogP contribution >= 0.6 is 23.1 Å². The lowest BCUT2D eigenvalue weighted by atomic mass is 10.3. The number of thioether (sulfide) groups is 1. The summed E-state index contributed by atoms with van der Waals surface area (Å²) in [6.45, 7) is 9.85. The maximum Gasteiger partial charge on any atom is 0.151 e. The molecule has 0 saturated heterocycles. The second-order valence-corrected chi connectivity index (χ2v) is 6.76. The minimum Gasteiger partial charge on any atom is -0.507 e. The van der Waals surface area contributed by atoms with Gasteiger partial charge in [-0.3, -0.25) is 0 Å². The van der Waals surface area contributed by atoms with E-state index in [-0.39, 0.29) is 10.5 Å². The molecule has 0 aliphatic heterocycles. The van der Waals surface area contributed by atoms with Crippen molar-refractivity contribution in [3.05, 3.63) is 17.7 Å². The van der Waals surface area contributed by atoms with E-state index in [1.165, 1.54) is 11.3 Å². The summed E-state index contributed by atoms with van der Waals surface area (Å²) in [7, 11) is 0. The van der Waals surface area contributed by atoms with Crippen LogP contribution in [0, 0.1) is 0 Å². The third-order valence-corrected chi connectivity index (χ3v) is 3.40. The van der Waals surface area contributed by atoms with Crippen LogP contribution in [-0.2, 0) is 0 Å². The number of aliphatic hydroxyl groups excluding tert-OH is 1. The number of rotatable bonds is 2. The van der Waals surface area contributed by atoms with Crippen molar-refractivity contribution in [2.24, 2.45) is 0 Å². The van der Waals surface area contributed by atoms with E-state index < -0.39 is 0 Å². The van der Waals surface area contributed by atoms with E-state index >= 15 is 0 Å². The van der Waals surface area contributed by atoms with Crippen molar-refractivity contribution < 1.29 is 5.11 Å². The van der Waals surface area contributed by atoms with Crippen molar-refractivity contribution in [3.63, 3.8) is 0 Å². The van der Waals surface area contributed by atoms with E-state index in [0.717, 1.165) is 9.22 Å². The van der Waals surface area contributed by atoms with Crippen LogP contribution in [0.3, 0.4) is 0 Å². The molecule has 1 rings (SSSR count). The topological polar surface area (TPSA) is 33.1 Å². The quantitative estimate of drug-likeness (QED) is 0.605. The first kappa shape index (κ1) is 10.6. The molecule has 0 amide bonds. The molecule has 0 bridgehead atoms. The van der Waals surface area contributed by atoms with Crippen molar-refractivity contribution in [1.82, 2.24) is 4.98 Å². The van der Waals surface area contributed by atoms with Gasteiger partial charge < -0.3 is 5.11 Å². The van der Waals surface area contributed by atoms with Crippen molar-refractivity contribution in [3.8, 4) is 0 Å². The van der Waals surface area contributed by atoms with E-state index in [9.17, 15) is 0 Å². The molecule has 0 saturated carbocycles. The summed E-state index contributed by atoms with van der Waals surface area (Å²) in [4.78, 5) is 4.93. The summed E-state index contributed by atoms with van der Waals surface area (Å²) < 4.78 is 1.13. The fraction of sp³-hybridized carbons (Fsp3) is 0.444. The third kappa shape index (κ3) is 3.40. The highest BCUT2D eigenvalue weighted by Crippen LogP contribution is 2.35. The number of nitrogens with zero attached hydrogens (tertiary/aromatic N) is 1. The molecule has 13 heavy (non-hydrogen) atoms. The molecule has 72 valence electrons. The second-order valence-electron chi connectivity index (χ2n) is 3.65. The summed E-state index contributed by atoms with van der Waals surface area (Å²) in [5, 5.41) is 9.10. The number of hydrogen-bond acceptors (Lipinski definition) is 4. The van der Waals surface area contributed by atoms with Crippen LogP contribution in [0.4, 0.5) is 0 Å². The molecule has 4 heteroatoms. The van der Waals surface area contributed by atoms with Gasteiger partial charge in [0.15, 0.2) is 4.34 Å². The molecule has 0 aromatic carbocycles. The zero-order valence-electron chi connectivity index (χ0n) is 8.00. The van der Waals surface area contributed by atoms with Crippen LogP contribution in [0.1, 0.15) is 25.6 Å². The molecule has 1 heterocycles. The Morgan fingerprint density at radius 2 is 2.23 bits per heavy atom. The molecule has 0 radical (unpaired) electrons. The van der Waals surface area contributed by atoms with E-state index in [4.69, 9.17) is 5.11 Å². The van der Waals surface area contributed by atoms with Crippen LogP contribution in [0.2, 0.25) is 0 Å². The first-order valence-electron chi connectivity index (χ1n) is 3.91. The molecule has 1 aromatic heterocycles. The van der Waals surface area contributed by atoms with E-state index in [0.29, 0.717) is 0 Å². The Hall–Kier alpha value is -0.480. The summed E-state index contributed by atoms with van der Waals surface area (Å²) >= 11 is 3.16. The first-order chi connectivity index (χ1) is 5.88. The Bertz CT molecular complexity index is 312. The largest absolute Gasteiger partial charge is 0.507 e. The first-order valence-corrected chi connectivity index (χ1v) is 5.55. The van der Waals surface area contributed by atoms with Gasteiger partial charge in [-0.25, -0.2) is 4.98 Å². The highest BCUT2D eigenvalue weighted by Gasteiger charge is 2.15. The minimum absolute atomic E-state index is 0.0956. The maximum atomic E-state index is 9.10. The zero-order chi connectivity index (χ0) is 10.1. The van der Waals surface area contributed by atoms with Gasteiger partial charge in [0.2, 0.25) is 0 Å². The smallest absolute Gasteiger partial charge is 0.151 e. The SMILES string of the molecule is C=C(O)c1cnc(SC(C)(C)C)s1. The normalized spacial score (nSPS) is 11.6. The fourth-order valence-corrected chi connectivity index (χ4v) is 3.03. The van der Waals surface area contributed by atoms with Gasteiger partial charge in [-0.1, -0.05) is 39.1 Å². The summed E-state index contributed by atoms with van der Waals surface area (Å²) in [6.07, 6.45) is 1.65. The Morgan fingerprint density at radius 1 is 1.62 bits per heavy atom. The van der Waals surface area contributed by atoms with Crippen LogP contribution in [0.15, 0.2) is 17.1 Å². The zero-order valence-corrected chi connectivity index (χ0v) is 9.63. The molecule has 0 spiro atoms. The highest BCUT2D eigenvalue weighted by molar-refractivity contribution is 8.02. The maximum absolute atomic E-state index is 9.10. The molecule has 0 aliphatic carbocycles. The van der Waals surface area contributed by atoms with Gasteiger partial charge in [0.05, 0.1) is 11.1 Å². The molecule has 1 aromatic rings.